The molecule has 1 fully saturated rings. The maximum atomic E-state index is 12.1. The van der Waals surface area contributed by atoms with Crippen LogP contribution in [0.5, 0.6) is 0 Å². The Bertz CT molecular complexity index is 632. The first-order valence-corrected chi connectivity index (χ1v) is 7.99. The third-order valence-corrected chi connectivity index (χ3v) is 4.60. The van der Waals surface area contributed by atoms with Gasteiger partial charge in [-0.3, -0.25) is 4.79 Å². The Labute approximate surface area is 124 Å². The Morgan fingerprint density at radius 1 is 1.55 bits per heavy atom. The van der Waals surface area contributed by atoms with Crippen LogP contribution in [0.25, 0.3) is 0 Å². The summed E-state index contributed by atoms with van der Waals surface area (Å²) >= 11 is 2.81. The molecule has 3 rings (SSSR count). The number of aryl methyl sites for hydroxylation is 1. The second-order valence-electron chi connectivity index (χ2n) is 4.73. The zero-order valence-corrected chi connectivity index (χ0v) is 12.6. The fraction of sp³-hybridized carbons (Fsp3) is 0.417. The van der Waals surface area contributed by atoms with Gasteiger partial charge in [0, 0.05) is 11.4 Å². The molecule has 1 aliphatic carbocycles. The van der Waals surface area contributed by atoms with E-state index in [-0.39, 0.29) is 11.7 Å². The van der Waals surface area contributed by atoms with Crippen molar-refractivity contribution in [1.82, 2.24) is 14.7 Å². The number of nitrogen functional groups attached to an aromatic ring is 1. The van der Waals surface area contributed by atoms with E-state index in [0.717, 1.165) is 23.5 Å². The van der Waals surface area contributed by atoms with Crippen LogP contribution in [0.2, 0.25) is 0 Å². The monoisotopic (exact) mass is 309 g/mol. The third-order valence-electron chi connectivity index (χ3n) is 2.95. The van der Waals surface area contributed by atoms with Gasteiger partial charge in [0.1, 0.15) is 10.6 Å². The van der Waals surface area contributed by atoms with Gasteiger partial charge in [-0.05, 0) is 31.3 Å². The molecule has 0 spiro atoms. The number of rotatable bonds is 5. The van der Waals surface area contributed by atoms with E-state index in [1.54, 1.807) is 11.3 Å². The predicted octanol–water partition coefficient (Wildman–Crippen LogP) is 1.99. The van der Waals surface area contributed by atoms with Crippen molar-refractivity contribution in [3.05, 3.63) is 21.6 Å². The average Bonchev–Trinajstić information content (AvgIpc) is 2.99. The molecule has 0 aromatic carbocycles. The van der Waals surface area contributed by atoms with Crippen molar-refractivity contribution in [2.24, 2.45) is 0 Å². The van der Waals surface area contributed by atoms with Crippen LogP contribution in [-0.4, -0.2) is 21.3 Å². The Hall–Kier alpha value is -1.67. The van der Waals surface area contributed by atoms with Crippen LogP contribution in [0.3, 0.4) is 0 Å². The molecule has 0 aliphatic heterocycles. The van der Waals surface area contributed by atoms with Crippen LogP contribution in [-0.2, 0) is 6.54 Å². The van der Waals surface area contributed by atoms with Crippen molar-refractivity contribution in [2.45, 2.75) is 32.4 Å². The Balaban J connectivity index is 1.70. The summed E-state index contributed by atoms with van der Waals surface area (Å²) in [5, 5.41) is 9.85. The SMILES string of the molecule is Cc1nc(CNc2snc(N)c2C(=O)NC2CC2)cs1. The highest BCUT2D eigenvalue weighted by atomic mass is 32.1. The van der Waals surface area contributed by atoms with E-state index < -0.39 is 0 Å². The molecule has 1 saturated carbocycles. The van der Waals surface area contributed by atoms with Crippen LogP contribution >= 0.6 is 22.9 Å². The van der Waals surface area contributed by atoms with Gasteiger partial charge in [-0.1, -0.05) is 0 Å². The molecule has 1 amide bonds. The van der Waals surface area contributed by atoms with E-state index in [1.807, 2.05) is 12.3 Å². The molecule has 0 unspecified atom stereocenters. The molecule has 0 saturated heterocycles. The summed E-state index contributed by atoms with van der Waals surface area (Å²) in [7, 11) is 0. The fourth-order valence-corrected chi connectivity index (χ4v) is 3.11. The first-order chi connectivity index (χ1) is 9.63. The number of hydrogen-bond donors (Lipinski definition) is 3. The maximum Gasteiger partial charge on any atom is 0.258 e. The Morgan fingerprint density at radius 3 is 3.00 bits per heavy atom. The number of carbonyl (C=O) groups excluding carboxylic acids is 1. The zero-order valence-electron chi connectivity index (χ0n) is 11.0. The van der Waals surface area contributed by atoms with E-state index in [1.165, 1.54) is 11.5 Å². The number of nitrogens with two attached hydrogens (primary N) is 1. The first-order valence-electron chi connectivity index (χ1n) is 6.34. The average molecular weight is 309 g/mol. The van der Waals surface area contributed by atoms with Crippen LogP contribution in [0.15, 0.2) is 5.38 Å². The minimum atomic E-state index is -0.143. The molecule has 2 aromatic heterocycles. The van der Waals surface area contributed by atoms with Gasteiger partial charge in [-0.2, -0.15) is 4.37 Å². The van der Waals surface area contributed by atoms with Crippen molar-refractivity contribution in [3.63, 3.8) is 0 Å². The molecule has 0 atom stereocenters. The number of nitrogens with zero attached hydrogens (tertiary/aromatic N) is 2. The summed E-state index contributed by atoms with van der Waals surface area (Å²) in [4.78, 5) is 16.5. The van der Waals surface area contributed by atoms with Gasteiger partial charge in [-0.25, -0.2) is 4.98 Å². The van der Waals surface area contributed by atoms with Crippen LogP contribution in [0, 0.1) is 6.92 Å². The number of thiazole rings is 1. The highest BCUT2D eigenvalue weighted by Gasteiger charge is 2.27. The van der Waals surface area contributed by atoms with Crippen molar-refractivity contribution >= 4 is 39.6 Å². The molecule has 8 heteroatoms. The molecule has 106 valence electrons. The Morgan fingerprint density at radius 2 is 2.35 bits per heavy atom. The summed E-state index contributed by atoms with van der Waals surface area (Å²) in [5.74, 6) is 0.140. The molecule has 0 radical (unpaired) electrons. The molecule has 2 heterocycles. The molecule has 1 aliphatic rings. The van der Waals surface area contributed by atoms with Crippen molar-refractivity contribution in [3.8, 4) is 0 Å². The first kappa shape index (κ1) is 13.3. The summed E-state index contributed by atoms with van der Waals surface area (Å²) in [5.41, 5.74) is 7.20. The van der Waals surface area contributed by atoms with E-state index >= 15 is 0 Å². The van der Waals surface area contributed by atoms with Gasteiger partial charge >= 0.3 is 0 Å². The lowest BCUT2D eigenvalue weighted by molar-refractivity contribution is 0.0953. The lowest BCUT2D eigenvalue weighted by Gasteiger charge is -2.06. The van der Waals surface area contributed by atoms with Gasteiger partial charge in [0.05, 0.1) is 17.2 Å². The molecular formula is C12H15N5OS2. The molecule has 0 bridgehead atoms. The summed E-state index contributed by atoms with van der Waals surface area (Å²) < 4.78 is 4.06. The van der Waals surface area contributed by atoms with Crippen molar-refractivity contribution in [2.75, 3.05) is 11.1 Å². The highest BCUT2D eigenvalue weighted by molar-refractivity contribution is 7.11. The third kappa shape index (κ3) is 2.91. The standard InChI is InChI=1S/C12H15N5OS2/c1-6-15-8(5-19-6)4-14-12-9(10(13)17-20-12)11(18)16-7-2-3-7/h5,7,14H,2-4H2,1H3,(H2,13,17)(H,16,18). The number of nitrogens with one attached hydrogen (secondary N) is 2. The van der Waals surface area contributed by atoms with Gasteiger partial charge in [0.2, 0.25) is 0 Å². The predicted molar refractivity (Wildman–Crippen MR) is 81.2 cm³/mol. The molecule has 4 N–H and O–H groups in total. The second-order valence-corrected chi connectivity index (χ2v) is 6.57. The van der Waals surface area contributed by atoms with Gasteiger partial charge in [0.25, 0.3) is 5.91 Å². The largest absolute Gasteiger partial charge is 0.382 e. The van der Waals surface area contributed by atoms with Crippen molar-refractivity contribution in [1.29, 1.82) is 0 Å². The van der Waals surface area contributed by atoms with Crippen LogP contribution in [0.4, 0.5) is 10.8 Å². The van der Waals surface area contributed by atoms with Crippen molar-refractivity contribution < 1.29 is 4.79 Å². The lowest BCUT2D eigenvalue weighted by atomic mass is 10.3. The van der Waals surface area contributed by atoms with E-state index in [9.17, 15) is 4.79 Å². The normalized spacial score (nSPS) is 14.2. The number of aromatic nitrogens is 2. The Kier molecular flexibility index (Phi) is 3.58. The fourth-order valence-electron chi connectivity index (χ4n) is 1.79. The second kappa shape index (κ2) is 5.37. The van der Waals surface area contributed by atoms with Gasteiger partial charge < -0.3 is 16.4 Å². The van der Waals surface area contributed by atoms with Gasteiger partial charge in [0.15, 0.2) is 5.82 Å². The number of carbonyl (C=O) groups is 1. The quantitative estimate of drug-likeness (QED) is 0.785. The minimum Gasteiger partial charge on any atom is -0.382 e. The summed E-state index contributed by atoms with van der Waals surface area (Å²) in [6.45, 7) is 2.53. The van der Waals surface area contributed by atoms with Crippen LogP contribution in [0.1, 0.15) is 33.9 Å². The molecular weight excluding hydrogens is 294 g/mol. The van der Waals surface area contributed by atoms with Crippen LogP contribution < -0.4 is 16.4 Å². The zero-order chi connectivity index (χ0) is 14.1. The number of hydrogen-bond acceptors (Lipinski definition) is 7. The van der Waals surface area contributed by atoms with Gasteiger partial charge in [-0.15, -0.1) is 11.3 Å². The number of anilines is 2. The smallest absolute Gasteiger partial charge is 0.258 e. The summed E-state index contributed by atoms with van der Waals surface area (Å²) in [6, 6.07) is 0.302. The van der Waals surface area contributed by atoms with E-state index in [4.69, 9.17) is 5.73 Å². The topological polar surface area (TPSA) is 92.9 Å². The minimum absolute atomic E-state index is 0.143. The maximum absolute atomic E-state index is 12.1. The van der Waals surface area contributed by atoms with E-state index in [2.05, 4.69) is 20.0 Å². The molecule has 20 heavy (non-hydrogen) atoms. The number of amides is 1. The highest BCUT2D eigenvalue weighted by Crippen LogP contribution is 2.29. The summed E-state index contributed by atoms with van der Waals surface area (Å²) in [6.07, 6.45) is 2.09. The molecule has 2 aromatic rings. The lowest BCUT2D eigenvalue weighted by Crippen LogP contribution is -2.26. The molecule has 6 nitrogen and oxygen atoms in total. The van der Waals surface area contributed by atoms with E-state index in [0.29, 0.717) is 23.2 Å².